The van der Waals surface area contributed by atoms with Crippen LogP contribution in [0.5, 0.6) is 0 Å². The van der Waals surface area contributed by atoms with Gasteiger partial charge in [-0.3, -0.25) is 4.79 Å². The van der Waals surface area contributed by atoms with Crippen molar-refractivity contribution in [2.24, 2.45) is 5.41 Å². The zero-order valence-corrected chi connectivity index (χ0v) is 10.2. The Kier molecular flexibility index (Phi) is 5.82. The minimum Gasteiger partial charge on any atom is -0.462 e. The van der Waals surface area contributed by atoms with E-state index in [9.17, 15) is 4.79 Å². The molecular formula is C12H24O2. The second kappa shape index (κ2) is 6.05. The fourth-order valence-electron chi connectivity index (χ4n) is 0.952. The number of rotatable bonds is 5. The number of esters is 1. The summed E-state index contributed by atoms with van der Waals surface area (Å²) < 4.78 is 5.32. The van der Waals surface area contributed by atoms with Gasteiger partial charge >= 0.3 is 5.97 Å². The van der Waals surface area contributed by atoms with E-state index < -0.39 is 0 Å². The summed E-state index contributed by atoms with van der Waals surface area (Å²) in [5.41, 5.74) is 0.0421. The van der Waals surface area contributed by atoms with Gasteiger partial charge in [0, 0.05) is 6.42 Å². The van der Waals surface area contributed by atoms with Gasteiger partial charge in [-0.1, -0.05) is 40.5 Å². The molecule has 1 unspecified atom stereocenters. The summed E-state index contributed by atoms with van der Waals surface area (Å²) in [5, 5.41) is 0. The lowest BCUT2D eigenvalue weighted by atomic mass is 9.90. The van der Waals surface area contributed by atoms with Crippen LogP contribution in [0.3, 0.4) is 0 Å². The lowest BCUT2D eigenvalue weighted by Crippen LogP contribution is -2.28. The summed E-state index contributed by atoms with van der Waals surface area (Å²) in [6.07, 6.45) is 3.76. The molecule has 0 aromatic rings. The van der Waals surface area contributed by atoms with E-state index in [1.165, 1.54) is 0 Å². The Morgan fingerprint density at radius 2 is 1.86 bits per heavy atom. The molecule has 1 atom stereocenters. The first kappa shape index (κ1) is 13.5. The van der Waals surface area contributed by atoms with Crippen molar-refractivity contribution in [1.29, 1.82) is 0 Å². The second-order valence-electron chi connectivity index (χ2n) is 4.96. The monoisotopic (exact) mass is 200 g/mol. The highest BCUT2D eigenvalue weighted by Gasteiger charge is 2.23. The summed E-state index contributed by atoms with van der Waals surface area (Å²) in [4.78, 5) is 11.4. The molecule has 0 fully saturated rings. The van der Waals surface area contributed by atoms with Crippen LogP contribution in [0.15, 0.2) is 0 Å². The number of ether oxygens (including phenoxy) is 1. The second-order valence-corrected chi connectivity index (χ2v) is 4.96. The molecule has 14 heavy (non-hydrogen) atoms. The van der Waals surface area contributed by atoms with Gasteiger partial charge in [-0.25, -0.2) is 0 Å². The summed E-state index contributed by atoms with van der Waals surface area (Å²) in [5.74, 6) is -0.0547. The molecule has 84 valence electrons. The average Bonchev–Trinajstić information content (AvgIpc) is 2.03. The van der Waals surface area contributed by atoms with Crippen molar-refractivity contribution in [2.45, 2.75) is 66.4 Å². The highest BCUT2D eigenvalue weighted by molar-refractivity contribution is 5.69. The Morgan fingerprint density at radius 1 is 1.29 bits per heavy atom. The van der Waals surface area contributed by atoms with E-state index in [0.29, 0.717) is 6.42 Å². The SMILES string of the molecule is CCCCCC(=O)OC(C)C(C)(C)C. The first-order valence-corrected chi connectivity index (χ1v) is 5.57. The van der Waals surface area contributed by atoms with Crippen molar-refractivity contribution in [2.75, 3.05) is 0 Å². The van der Waals surface area contributed by atoms with Crippen molar-refractivity contribution in [3.05, 3.63) is 0 Å². The largest absolute Gasteiger partial charge is 0.462 e. The van der Waals surface area contributed by atoms with Crippen molar-refractivity contribution in [1.82, 2.24) is 0 Å². The van der Waals surface area contributed by atoms with Gasteiger partial charge in [0.05, 0.1) is 0 Å². The van der Waals surface area contributed by atoms with Crippen LogP contribution in [0.25, 0.3) is 0 Å². The molecule has 0 aliphatic rings. The third-order valence-electron chi connectivity index (χ3n) is 2.51. The van der Waals surface area contributed by atoms with Crippen LogP contribution >= 0.6 is 0 Å². The van der Waals surface area contributed by atoms with Gasteiger partial charge in [-0.2, -0.15) is 0 Å². The molecule has 0 spiro atoms. The number of hydrogen-bond donors (Lipinski definition) is 0. The summed E-state index contributed by atoms with van der Waals surface area (Å²) in [6.45, 7) is 10.3. The maximum atomic E-state index is 11.4. The van der Waals surface area contributed by atoms with Gasteiger partial charge < -0.3 is 4.74 Å². The molecule has 0 aliphatic heterocycles. The zero-order valence-electron chi connectivity index (χ0n) is 10.2. The van der Waals surface area contributed by atoms with Gasteiger partial charge in [0.15, 0.2) is 0 Å². The third-order valence-corrected chi connectivity index (χ3v) is 2.51. The molecule has 0 bridgehead atoms. The smallest absolute Gasteiger partial charge is 0.306 e. The zero-order chi connectivity index (χ0) is 11.2. The lowest BCUT2D eigenvalue weighted by molar-refractivity contribution is -0.153. The molecule has 0 aliphatic carbocycles. The van der Waals surface area contributed by atoms with Crippen molar-refractivity contribution in [3.63, 3.8) is 0 Å². The number of hydrogen-bond acceptors (Lipinski definition) is 2. The fraction of sp³-hybridized carbons (Fsp3) is 0.917. The Labute approximate surface area is 88.0 Å². The fourth-order valence-corrected chi connectivity index (χ4v) is 0.952. The van der Waals surface area contributed by atoms with Crippen LogP contribution in [0, 0.1) is 5.41 Å². The Hall–Kier alpha value is -0.530. The maximum Gasteiger partial charge on any atom is 0.306 e. The van der Waals surface area contributed by atoms with Crippen LogP contribution in [0.2, 0.25) is 0 Å². The highest BCUT2D eigenvalue weighted by Crippen LogP contribution is 2.22. The molecule has 0 aromatic carbocycles. The molecule has 0 heterocycles. The maximum absolute atomic E-state index is 11.4. The van der Waals surface area contributed by atoms with Crippen molar-refractivity contribution in [3.8, 4) is 0 Å². The van der Waals surface area contributed by atoms with Gasteiger partial charge in [0.25, 0.3) is 0 Å². The molecule has 2 heteroatoms. The van der Waals surface area contributed by atoms with E-state index in [1.807, 2.05) is 6.92 Å². The minimum absolute atomic E-state index is 0.00312. The summed E-state index contributed by atoms with van der Waals surface area (Å²) in [6, 6.07) is 0. The van der Waals surface area contributed by atoms with E-state index >= 15 is 0 Å². The molecule has 0 saturated carbocycles. The van der Waals surface area contributed by atoms with Crippen LogP contribution in [-0.4, -0.2) is 12.1 Å². The first-order chi connectivity index (χ1) is 6.38. The van der Waals surface area contributed by atoms with E-state index in [-0.39, 0.29) is 17.5 Å². The van der Waals surface area contributed by atoms with Gasteiger partial charge in [-0.05, 0) is 18.8 Å². The molecule has 0 saturated heterocycles. The van der Waals surface area contributed by atoms with E-state index in [1.54, 1.807) is 0 Å². The van der Waals surface area contributed by atoms with E-state index in [4.69, 9.17) is 4.74 Å². The quantitative estimate of drug-likeness (QED) is 0.501. The predicted molar refractivity (Wildman–Crippen MR) is 59.2 cm³/mol. The summed E-state index contributed by atoms with van der Waals surface area (Å²) >= 11 is 0. The molecule has 0 radical (unpaired) electrons. The first-order valence-electron chi connectivity index (χ1n) is 5.57. The molecule has 0 aromatic heterocycles. The Balaban J connectivity index is 3.72. The topological polar surface area (TPSA) is 26.3 Å². The third kappa shape index (κ3) is 6.01. The molecule has 2 nitrogen and oxygen atoms in total. The standard InChI is InChI=1S/C12H24O2/c1-6-7-8-9-11(13)14-10(2)12(3,4)5/h10H,6-9H2,1-5H3. The van der Waals surface area contributed by atoms with Gasteiger partial charge in [0.1, 0.15) is 6.10 Å². The van der Waals surface area contributed by atoms with Crippen LogP contribution in [0.1, 0.15) is 60.3 Å². The summed E-state index contributed by atoms with van der Waals surface area (Å²) in [7, 11) is 0. The Morgan fingerprint density at radius 3 is 2.29 bits per heavy atom. The molecule has 0 N–H and O–H groups in total. The Bertz CT molecular complexity index is 168. The normalized spacial score (nSPS) is 13.8. The van der Waals surface area contributed by atoms with Crippen molar-refractivity contribution < 1.29 is 9.53 Å². The molecule has 0 amide bonds. The number of carbonyl (C=O) groups is 1. The predicted octanol–water partition coefficient (Wildman–Crippen LogP) is 3.54. The van der Waals surface area contributed by atoms with Crippen molar-refractivity contribution >= 4 is 5.97 Å². The lowest BCUT2D eigenvalue weighted by Gasteiger charge is -2.26. The van der Waals surface area contributed by atoms with Crippen LogP contribution in [0.4, 0.5) is 0 Å². The van der Waals surface area contributed by atoms with Crippen LogP contribution < -0.4 is 0 Å². The average molecular weight is 200 g/mol. The number of carbonyl (C=O) groups excluding carboxylic acids is 1. The van der Waals surface area contributed by atoms with Gasteiger partial charge in [-0.15, -0.1) is 0 Å². The minimum atomic E-state index is -0.0547. The van der Waals surface area contributed by atoms with E-state index in [0.717, 1.165) is 19.3 Å². The highest BCUT2D eigenvalue weighted by atomic mass is 16.5. The molecular weight excluding hydrogens is 176 g/mol. The van der Waals surface area contributed by atoms with Crippen LogP contribution in [-0.2, 0) is 9.53 Å². The number of unbranched alkanes of at least 4 members (excludes halogenated alkanes) is 2. The van der Waals surface area contributed by atoms with Gasteiger partial charge in [0.2, 0.25) is 0 Å². The molecule has 0 rings (SSSR count). The van der Waals surface area contributed by atoms with E-state index in [2.05, 4.69) is 27.7 Å².